The molecule has 1 spiro atoms. The lowest BCUT2D eigenvalue weighted by Gasteiger charge is -2.43. The SMILES string of the molecule is COc1cccc(-c2ccc3c(c2)OCCC2(CCN(Cc4ncccc4C)CC2)NC(=O)[C@@H]2C[C@@H](O)CN2S3(=O)=O)c1. The summed E-state index contributed by atoms with van der Waals surface area (Å²) < 4.78 is 40.8. The van der Waals surface area contributed by atoms with Gasteiger partial charge in [0.1, 0.15) is 22.4 Å². The highest BCUT2D eigenvalue weighted by molar-refractivity contribution is 7.89. The third kappa shape index (κ3) is 5.99. The number of methoxy groups -OCH3 is 1. The van der Waals surface area contributed by atoms with E-state index in [0.717, 1.165) is 46.3 Å². The third-order valence-electron chi connectivity index (χ3n) is 9.00. The van der Waals surface area contributed by atoms with Gasteiger partial charge in [0.15, 0.2) is 0 Å². The molecule has 2 saturated heterocycles. The average Bonchev–Trinajstić information content (AvgIpc) is 3.41. The smallest absolute Gasteiger partial charge is 0.247 e. The highest BCUT2D eigenvalue weighted by atomic mass is 32.2. The number of benzene rings is 2. The molecule has 1 aromatic heterocycles. The number of amides is 1. The number of sulfonamides is 1. The maximum absolute atomic E-state index is 14.0. The van der Waals surface area contributed by atoms with Crippen LogP contribution in [0.3, 0.4) is 0 Å². The predicted octanol–water partition coefficient (Wildman–Crippen LogP) is 3.12. The highest BCUT2D eigenvalue weighted by Crippen LogP contribution is 2.38. The molecular formula is C32H38N4O6S. The van der Waals surface area contributed by atoms with Crippen LogP contribution in [-0.4, -0.2) is 84.7 Å². The van der Waals surface area contributed by atoms with E-state index < -0.39 is 27.7 Å². The number of aryl methyl sites for hydroxylation is 1. The first-order chi connectivity index (χ1) is 20.7. The number of rotatable bonds is 4. The second-order valence-electron chi connectivity index (χ2n) is 11.8. The Morgan fingerprint density at radius 1 is 1.09 bits per heavy atom. The van der Waals surface area contributed by atoms with Crippen LogP contribution in [0.5, 0.6) is 11.5 Å². The van der Waals surface area contributed by atoms with E-state index in [0.29, 0.717) is 25.0 Å². The van der Waals surface area contributed by atoms with Gasteiger partial charge in [0.05, 0.1) is 25.5 Å². The van der Waals surface area contributed by atoms with E-state index in [1.54, 1.807) is 19.2 Å². The summed E-state index contributed by atoms with van der Waals surface area (Å²) in [6, 6.07) is 15.5. The van der Waals surface area contributed by atoms with Crippen LogP contribution >= 0.6 is 0 Å². The zero-order valence-corrected chi connectivity index (χ0v) is 25.3. The van der Waals surface area contributed by atoms with E-state index in [2.05, 4.69) is 28.2 Å². The molecule has 228 valence electrons. The van der Waals surface area contributed by atoms with Crippen molar-refractivity contribution < 1.29 is 27.8 Å². The van der Waals surface area contributed by atoms with Crippen LogP contribution < -0.4 is 14.8 Å². The summed E-state index contributed by atoms with van der Waals surface area (Å²) in [4.78, 5) is 20.6. The molecule has 6 rings (SSSR count). The number of carbonyl (C=O) groups excluding carboxylic acids is 1. The molecule has 2 fully saturated rings. The van der Waals surface area contributed by atoms with E-state index in [1.807, 2.05) is 36.5 Å². The predicted molar refractivity (Wildman–Crippen MR) is 161 cm³/mol. The largest absolute Gasteiger partial charge is 0.497 e. The fraction of sp³-hybridized carbons (Fsp3) is 0.438. The first-order valence-electron chi connectivity index (χ1n) is 14.7. The summed E-state index contributed by atoms with van der Waals surface area (Å²) >= 11 is 0. The van der Waals surface area contributed by atoms with Crippen molar-refractivity contribution in [1.29, 1.82) is 0 Å². The molecule has 0 bridgehead atoms. The maximum Gasteiger partial charge on any atom is 0.247 e. The number of nitrogens with zero attached hydrogens (tertiary/aromatic N) is 3. The van der Waals surface area contributed by atoms with Crippen LogP contribution in [0.4, 0.5) is 0 Å². The Labute approximate surface area is 252 Å². The summed E-state index contributed by atoms with van der Waals surface area (Å²) in [6.07, 6.45) is 2.81. The summed E-state index contributed by atoms with van der Waals surface area (Å²) in [6.45, 7) is 4.38. The Kier molecular flexibility index (Phi) is 8.16. The van der Waals surface area contributed by atoms with E-state index in [-0.39, 0.29) is 36.1 Å². The van der Waals surface area contributed by atoms with Gasteiger partial charge in [-0.1, -0.05) is 24.3 Å². The fourth-order valence-electron chi connectivity index (χ4n) is 6.40. The van der Waals surface area contributed by atoms with Gasteiger partial charge in [-0.05, 0) is 66.8 Å². The summed E-state index contributed by atoms with van der Waals surface area (Å²) in [5.41, 5.74) is 3.26. The Hall–Kier alpha value is -3.51. The highest BCUT2D eigenvalue weighted by Gasteiger charge is 2.47. The van der Waals surface area contributed by atoms with Gasteiger partial charge in [0, 0.05) is 50.8 Å². The monoisotopic (exact) mass is 606 g/mol. The number of ether oxygens (including phenoxy) is 2. The van der Waals surface area contributed by atoms with Gasteiger partial charge in [-0.15, -0.1) is 0 Å². The molecule has 3 aliphatic rings. The van der Waals surface area contributed by atoms with Crippen molar-refractivity contribution >= 4 is 15.9 Å². The molecule has 3 aliphatic heterocycles. The molecule has 4 heterocycles. The summed E-state index contributed by atoms with van der Waals surface area (Å²) in [5.74, 6) is 0.547. The molecular weight excluding hydrogens is 568 g/mol. The normalized spacial score (nSPS) is 23.8. The van der Waals surface area contributed by atoms with Gasteiger partial charge in [0.25, 0.3) is 0 Å². The van der Waals surface area contributed by atoms with E-state index in [4.69, 9.17) is 9.47 Å². The number of aliphatic hydroxyl groups is 1. The Morgan fingerprint density at radius 2 is 1.88 bits per heavy atom. The van der Waals surface area contributed by atoms with Gasteiger partial charge < -0.3 is 19.9 Å². The lowest BCUT2D eigenvalue weighted by Crippen LogP contribution is -2.59. The number of fused-ring (bicyclic) bond motifs is 2. The molecule has 10 nitrogen and oxygen atoms in total. The standard InChI is InChI=1S/C32H38N4O6S/c1-22-5-4-13-33-27(22)21-35-14-10-32(11-15-35)12-16-42-29-18-24(23-6-3-7-26(17-23)41-2)8-9-30(29)43(39,40)36-20-25(37)19-28(36)31(38)34-32/h3-9,13,17-18,25,28,37H,10-12,14-16,19-21H2,1-2H3,(H,34,38)/t25-,28+/m1/s1. The third-order valence-corrected chi connectivity index (χ3v) is 10.9. The minimum atomic E-state index is -4.15. The number of hydrogen-bond donors (Lipinski definition) is 2. The molecule has 0 radical (unpaired) electrons. The van der Waals surface area contributed by atoms with Crippen LogP contribution in [-0.2, 0) is 21.4 Å². The van der Waals surface area contributed by atoms with Crippen molar-refractivity contribution in [3.8, 4) is 22.6 Å². The number of pyridine rings is 1. The number of carbonyl (C=O) groups is 1. The molecule has 11 heteroatoms. The van der Waals surface area contributed by atoms with Crippen molar-refractivity contribution in [2.45, 2.75) is 61.7 Å². The topological polar surface area (TPSA) is 121 Å². The number of aliphatic hydroxyl groups excluding tert-OH is 1. The van der Waals surface area contributed by atoms with Gasteiger partial charge in [0.2, 0.25) is 15.9 Å². The molecule has 2 atom stereocenters. The minimum Gasteiger partial charge on any atom is -0.497 e. The van der Waals surface area contributed by atoms with E-state index in [9.17, 15) is 18.3 Å². The fourth-order valence-corrected chi connectivity index (χ4v) is 8.15. The Bertz CT molecular complexity index is 1600. The zero-order chi connectivity index (χ0) is 30.2. The molecule has 43 heavy (non-hydrogen) atoms. The van der Waals surface area contributed by atoms with Crippen molar-refractivity contribution in [2.75, 3.05) is 33.4 Å². The molecule has 2 aromatic carbocycles. The van der Waals surface area contributed by atoms with Crippen LogP contribution in [0.15, 0.2) is 65.7 Å². The lowest BCUT2D eigenvalue weighted by atomic mass is 9.84. The van der Waals surface area contributed by atoms with Gasteiger partial charge in [-0.25, -0.2) is 8.42 Å². The summed E-state index contributed by atoms with van der Waals surface area (Å²) in [7, 11) is -2.56. The first kappa shape index (κ1) is 29.6. The number of nitrogens with one attached hydrogen (secondary N) is 1. The molecule has 0 aliphatic carbocycles. The van der Waals surface area contributed by atoms with Crippen molar-refractivity contribution in [2.24, 2.45) is 0 Å². The average molecular weight is 607 g/mol. The van der Waals surface area contributed by atoms with Crippen molar-refractivity contribution in [3.63, 3.8) is 0 Å². The number of likely N-dealkylation sites (tertiary alicyclic amines) is 1. The van der Waals surface area contributed by atoms with Crippen LogP contribution in [0, 0.1) is 6.92 Å². The number of aromatic nitrogens is 1. The molecule has 0 saturated carbocycles. The van der Waals surface area contributed by atoms with Crippen LogP contribution in [0.2, 0.25) is 0 Å². The molecule has 0 unspecified atom stereocenters. The van der Waals surface area contributed by atoms with Gasteiger partial charge in [-0.3, -0.25) is 14.7 Å². The lowest BCUT2D eigenvalue weighted by molar-refractivity contribution is -0.127. The first-order valence-corrected chi connectivity index (χ1v) is 16.2. The molecule has 2 N–H and O–H groups in total. The van der Waals surface area contributed by atoms with E-state index in [1.165, 1.54) is 6.07 Å². The van der Waals surface area contributed by atoms with E-state index >= 15 is 0 Å². The van der Waals surface area contributed by atoms with Gasteiger partial charge in [-0.2, -0.15) is 4.31 Å². The number of piperidine rings is 1. The second-order valence-corrected chi connectivity index (χ2v) is 13.6. The Morgan fingerprint density at radius 3 is 2.65 bits per heavy atom. The quantitative estimate of drug-likeness (QED) is 0.465. The Balaban J connectivity index is 1.31. The summed E-state index contributed by atoms with van der Waals surface area (Å²) in [5, 5.41) is 13.8. The maximum atomic E-state index is 14.0. The van der Waals surface area contributed by atoms with Crippen molar-refractivity contribution in [3.05, 3.63) is 72.1 Å². The second kappa shape index (κ2) is 11.9. The van der Waals surface area contributed by atoms with Crippen LogP contribution in [0.1, 0.15) is 36.9 Å². The molecule has 1 amide bonds. The van der Waals surface area contributed by atoms with Crippen LogP contribution in [0.25, 0.3) is 11.1 Å². The zero-order valence-electron chi connectivity index (χ0n) is 24.5. The van der Waals surface area contributed by atoms with Gasteiger partial charge >= 0.3 is 0 Å². The van der Waals surface area contributed by atoms with Crippen molar-refractivity contribution in [1.82, 2.24) is 19.5 Å². The minimum absolute atomic E-state index is 0.0115. The number of hydrogen-bond acceptors (Lipinski definition) is 8. The molecule has 3 aromatic rings.